The molecule has 24 heavy (non-hydrogen) atoms. The van der Waals surface area contributed by atoms with Crippen molar-refractivity contribution in [2.75, 3.05) is 6.54 Å². The van der Waals surface area contributed by atoms with E-state index in [4.69, 9.17) is 4.52 Å². The van der Waals surface area contributed by atoms with Gasteiger partial charge in [-0.1, -0.05) is 5.16 Å². The van der Waals surface area contributed by atoms with Gasteiger partial charge in [0.05, 0.1) is 12.2 Å². The van der Waals surface area contributed by atoms with E-state index in [1.807, 2.05) is 11.4 Å². The van der Waals surface area contributed by atoms with E-state index in [9.17, 15) is 14.4 Å². The van der Waals surface area contributed by atoms with Crippen molar-refractivity contribution < 1.29 is 18.9 Å². The number of nitrogens with zero attached hydrogens (tertiary/aromatic N) is 2. The van der Waals surface area contributed by atoms with Crippen molar-refractivity contribution in [3.8, 4) is 0 Å². The number of ketones is 1. The lowest BCUT2D eigenvalue weighted by Crippen LogP contribution is -2.46. The number of imide groups is 1. The van der Waals surface area contributed by atoms with Crippen molar-refractivity contribution in [2.24, 2.45) is 0 Å². The monoisotopic (exact) mass is 345 g/mol. The molecule has 8 heteroatoms. The molecule has 0 aromatic carbocycles. The smallest absolute Gasteiger partial charge is 0.325 e. The van der Waals surface area contributed by atoms with E-state index in [2.05, 4.69) is 10.5 Å². The number of nitrogens with one attached hydrogen (secondary N) is 1. The summed E-state index contributed by atoms with van der Waals surface area (Å²) in [5.74, 6) is -0.761. The van der Waals surface area contributed by atoms with Gasteiger partial charge in [-0.15, -0.1) is 11.3 Å². The molecular weight excluding hydrogens is 330 g/mol. The van der Waals surface area contributed by atoms with E-state index in [1.54, 1.807) is 18.3 Å². The predicted octanol–water partition coefficient (Wildman–Crippen LogP) is 2.01. The number of thiophene rings is 1. The summed E-state index contributed by atoms with van der Waals surface area (Å²) in [7, 11) is 0. The number of urea groups is 1. The Morgan fingerprint density at radius 3 is 3.08 bits per heavy atom. The van der Waals surface area contributed by atoms with Gasteiger partial charge in [-0.2, -0.15) is 0 Å². The van der Waals surface area contributed by atoms with Crippen molar-refractivity contribution in [1.82, 2.24) is 15.4 Å². The molecule has 1 aliphatic carbocycles. The number of aryl methyl sites for hydroxylation is 2. The first-order chi connectivity index (χ1) is 11.5. The summed E-state index contributed by atoms with van der Waals surface area (Å²) in [6, 6.07) is 2.85. The Bertz CT molecular complexity index is 855. The predicted molar refractivity (Wildman–Crippen MR) is 84.8 cm³/mol. The quantitative estimate of drug-likeness (QED) is 0.678. The van der Waals surface area contributed by atoms with Crippen LogP contribution in [0.5, 0.6) is 0 Å². The van der Waals surface area contributed by atoms with Crippen molar-refractivity contribution in [1.29, 1.82) is 0 Å². The number of hydrogen-bond donors (Lipinski definition) is 1. The number of hydrogen-bond acceptors (Lipinski definition) is 6. The van der Waals surface area contributed by atoms with E-state index in [0.717, 1.165) is 28.2 Å². The van der Waals surface area contributed by atoms with Crippen LogP contribution in [0.2, 0.25) is 0 Å². The first-order valence-corrected chi connectivity index (χ1v) is 8.57. The molecular formula is C16H15N3O4S. The molecule has 4 rings (SSSR count). The third kappa shape index (κ3) is 2.10. The van der Waals surface area contributed by atoms with Gasteiger partial charge in [0, 0.05) is 16.5 Å². The largest absolute Gasteiger partial charge is 0.353 e. The second-order valence-electron chi connectivity index (χ2n) is 6.09. The molecule has 0 radical (unpaired) electrons. The van der Waals surface area contributed by atoms with Crippen LogP contribution in [0.15, 0.2) is 22.0 Å². The standard InChI is InChI=1S/C16H15N3O4S/c1-9-7-12(23-18-9)11(20)8-19-14(21)16(17-15(19)22)5-2-3-13-10(16)4-6-24-13/h4,6-7H,2-3,5,8H2,1H3,(H,17,22). The van der Waals surface area contributed by atoms with Gasteiger partial charge in [-0.25, -0.2) is 4.79 Å². The van der Waals surface area contributed by atoms with Crippen LogP contribution in [0.4, 0.5) is 4.79 Å². The number of fused-ring (bicyclic) bond motifs is 2. The molecule has 3 heterocycles. The molecule has 3 amide bonds. The highest BCUT2D eigenvalue weighted by atomic mass is 32.1. The van der Waals surface area contributed by atoms with E-state index in [1.165, 1.54) is 6.07 Å². The van der Waals surface area contributed by atoms with Gasteiger partial charge < -0.3 is 9.84 Å². The number of Topliss-reactive ketones (excluding diaryl/α,β-unsaturated/α-hetero) is 1. The molecule has 2 aliphatic rings. The highest BCUT2D eigenvalue weighted by Crippen LogP contribution is 2.42. The summed E-state index contributed by atoms with van der Waals surface area (Å²) in [4.78, 5) is 39.7. The second-order valence-corrected chi connectivity index (χ2v) is 7.09. The lowest BCUT2D eigenvalue weighted by molar-refractivity contribution is -0.131. The van der Waals surface area contributed by atoms with Gasteiger partial charge in [0.2, 0.25) is 11.5 Å². The molecule has 1 aliphatic heterocycles. The SMILES string of the molecule is Cc1cc(C(=O)CN2C(=O)NC3(CCCc4sccc43)C2=O)on1. The van der Waals surface area contributed by atoms with E-state index in [0.29, 0.717) is 12.1 Å². The normalized spacial score (nSPS) is 22.8. The minimum absolute atomic E-state index is 0.0499. The number of carbonyl (C=O) groups excluding carboxylic acids is 3. The molecule has 2 aromatic heterocycles. The van der Waals surface area contributed by atoms with Gasteiger partial charge in [0.15, 0.2) is 0 Å². The van der Waals surface area contributed by atoms with Crippen molar-refractivity contribution in [3.05, 3.63) is 39.4 Å². The summed E-state index contributed by atoms with van der Waals surface area (Å²) < 4.78 is 4.92. The van der Waals surface area contributed by atoms with Crippen molar-refractivity contribution in [3.63, 3.8) is 0 Å². The van der Waals surface area contributed by atoms with Gasteiger partial charge in [-0.3, -0.25) is 14.5 Å². The van der Waals surface area contributed by atoms with Gasteiger partial charge in [0.25, 0.3) is 5.91 Å². The zero-order valence-corrected chi connectivity index (χ0v) is 13.8. The fourth-order valence-corrected chi connectivity index (χ4v) is 4.40. The van der Waals surface area contributed by atoms with Crippen LogP contribution in [0.25, 0.3) is 0 Å². The zero-order valence-electron chi connectivity index (χ0n) is 13.0. The van der Waals surface area contributed by atoms with Crippen molar-refractivity contribution >= 4 is 29.1 Å². The Hall–Kier alpha value is -2.48. The molecule has 1 spiro atoms. The zero-order chi connectivity index (χ0) is 16.9. The Morgan fingerprint density at radius 2 is 2.33 bits per heavy atom. The maximum atomic E-state index is 13.0. The van der Waals surface area contributed by atoms with Gasteiger partial charge >= 0.3 is 6.03 Å². The fourth-order valence-electron chi connectivity index (χ4n) is 3.40. The molecule has 1 unspecified atom stereocenters. The van der Waals surface area contributed by atoms with Gasteiger partial charge in [0.1, 0.15) is 5.54 Å². The third-order valence-corrected chi connectivity index (χ3v) is 5.52. The maximum Gasteiger partial charge on any atom is 0.325 e. The molecule has 7 nitrogen and oxygen atoms in total. The van der Waals surface area contributed by atoms with Crippen LogP contribution < -0.4 is 5.32 Å². The topological polar surface area (TPSA) is 92.5 Å². The molecule has 1 N–H and O–H groups in total. The Kier molecular flexibility index (Phi) is 3.31. The van der Waals surface area contributed by atoms with Crippen LogP contribution in [0.3, 0.4) is 0 Å². The van der Waals surface area contributed by atoms with Crippen LogP contribution in [-0.2, 0) is 16.8 Å². The number of aromatic nitrogens is 1. The first-order valence-electron chi connectivity index (χ1n) is 7.69. The molecule has 1 saturated heterocycles. The molecule has 1 fully saturated rings. The molecule has 124 valence electrons. The molecule has 0 saturated carbocycles. The minimum Gasteiger partial charge on any atom is -0.353 e. The summed E-state index contributed by atoms with van der Waals surface area (Å²) in [5.41, 5.74) is 0.409. The van der Waals surface area contributed by atoms with Gasteiger partial charge in [-0.05, 0) is 37.6 Å². The number of amides is 3. The summed E-state index contributed by atoms with van der Waals surface area (Å²) >= 11 is 1.59. The van der Waals surface area contributed by atoms with Crippen LogP contribution in [0, 0.1) is 6.92 Å². The van der Waals surface area contributed by atoms with Crippen LogP contribution >= 0.6 is 11.3 Å². The number of rotatable bonds is 3. The lowest BCUT2D eigenvalue weighted by atomic mass is 9.80. The average molecular weight is 345 g/mol. The van der Waals surface area contributed by atoms with Crippen LogP contribution in [-0.4, -0.2) is 34.3 Å². The summed E-state index contributed by atoms with van der Waals surface area (Å²) in [6.07, 6.45) is 2.28. The highest BCUT2D eigenvalue weighted by Gasteiger charge is 2.54. The molecule has 0 bridgehead atoms. The average Bonchev–Trinajstić information content (AvgIpc) is 3.24. The van der Waals surface area contributed by atoms with Crippen molar-refractivity contribution in [2.45, 2.75) is 31.7 Å². The highest BCUT2D eigenvalue weighted by molar-refractivity contribution is 7.10. The van der Waals surface area contributed by atoms with E-state index < -0.39 is 17.4 Å². The first kappa shape index (κ1) is 15.1. The molecule has 1 atom stereocenters. The minimum atomic E-state index is -1.03. The Morgan fingerprint density at radius 1 is 1.50 bits per heavy atom. The summed E-state index contributed by atoms with van der Waals surface area (Å²) in [6.45, 7) is 1.35. The summed E-state index contributed by atoms with van der Waals surface area (Å²) in [5, 5.41) is 8.41. The third-order valence-electron chi connectivity index (χ3n) is 4.54. The lowest BCUT2D eigenvalue weighted by Gasteiger charge is -2.31. The second kappa shape index (κ2) is 5.27. The Balaban J connectivity index is 1.62. The fraction of sp³-hybridized carbons (Fsp3) is 0.375. The van der Waals surface area contributed by atoms with Crippen LogP contribution in [0.1, 0.15) is 39.5 Å². The Labute approximate surface area is 141 Å². The molecule has 2 aromatic rings. The van der Waals surface area contributed by atoms with E-state index in [-0.39, 0.29) is 18.2 Å². The number of carbonyl (C=O) groups is 3. The maximum absolute atomic E-state index is 13.0. The van der Waals surface area contributed by atoms with E-state index >= 15 is 0 Å².